The first kappa shape index (κ1) is 24.6. The summed E-state index contributed by atoms with van der Waals surface area (Å²) in [4.78, 5) is 16.9. The average Bonchev–Trinajstić information content (AvgIpc) is 3.46. The van der Waals surface area contributed by atoms with Gasteiger partial charge in [-0.05, 0) is 71.6 Å². The molecule has 190 valence electrons. The number of carbonyl (C=O) groups excluding carboxylic acids is 1. The van der Waals surface area contributed by atoms with E-state index in [9.17, 15) is 4.79 Å². The molecule has 0 bridgehead atoms. The highest BCUT2D eigenvalue weighted by atomic mass is 16.5. The summed E-state index contributed by atoms with van der Waals surface area (Å²) in [6.45, 7) is 10.8. The Morgan fingerprint density at radius 3 is 2.40 bits per heavy atom. The molecular formula is C31H44N2O2. The molecule has 1 amide bonds. The highest BCUT2D eigenvalue weighted by Gasteiger charge is 2.40. The zero-order valence-corrected chi connectivity index (χ0v) is 22.3. The standard InChI is InChI=1S/C31H44N2O2/c1-30(2,3)23-17-22(18-24(19-23)31(4)12-13-31)26-20-28(29(34)32-25-10-14-35-15-11-25)33-27(26)16-21-8-6-5-7-9-21/h17-21,25,33H,5-16H2,1-4H3,(H,32,34). The van der Waals surface area contributed by atoms with Gasteiger partial charge in [0.15, 0.2) is 0 Å². The van der Waals surface area contributed by atoms with E-state index in [1.807, 2.05) is 0 Å². The van der Waals surface area contributed by atoms with E-state index in [4.69, 9.17) is 4.74 Å². The zero-order valence-electron chi connectivity index (χ0n) is 22.3. The monoisotopic (exact) mass is 476 g/mol. The Balaban J connectivity index is 1.51. The number of aromatic amines is 1. The van der Waals surface area contributed by atoms with Crippen LogP contribution in [0.3, 0.4) is 0 Å². The van der Waals surface area contributed by atoms with Gasteiger partial charge >= 0.3 is 0 Å². The Labute approximate surface area is 211 Å². The molecule has 4 heteroatoms. The van der Waals surface area contributed by atoms with Crippen LogP contribution in [0.4, 0.5) is 0 Å². The van der Waals surface area contributed by atoms with Crippen molar-refractivity contribution in [1.82, 2.24) is 10.3 Å². The number of carbonyl (C=O) groups is 1. The average molecular weight is 477 g/mol. The number of nitrogens with one attached hydrogen (secondary N) is 2. The number of amides is 1. The highest BCUT2D eigenvalue weighted by molar-refractivity contribution is 5.94. The molecule has 0 spiro atoms. The number of rotatable bonds is 6. The molecule has 3 aliphatic rings. The van der Waals surface area contributed by atoms with Crippen LogP contribution in [0.1, 0.15) is 113 Å². The highest BCUT2D eigenvalue weighted by Crippen LogP contribution is 2.49. The molecule has 2 N–H and O–H groups in total. The van der Waals surface area contributed by atoms with Crippen molar-refractivity contribution < 1.29 is 9.53 Å². The van der Waals surface area contributed by atoms with Crippen LogP contribution in [0.5, 0.6) is 0 Å². The Hall–Kier alpha value is -2.07. The van der Waals surface area contributed by atoms with Crippen LogP contribution in [-0.4, -0.2) is 30.1 Å². The topological polar surface area (TPSA) is 54.1 Å². The molecule has 0 radical (unpaired) electrons. The Morgan fingerprint density at radius 1 is 1.03 bits per heavy atom. The van der Waals surface area contributed by atoms with Gasteiger partial charge in [-0.2, -0.15) is 0 Å². The number of benzene rings is 1. The van der Waals surface area contributed by atoms with Crippen molar-refractivity contribution in [2.75, 3.05) is 13.2 Å². The second-order valence-corrected chi connectivity index (χ2v) is 12.8. The van der Waals surface area contributed by atoms with E-state index in [1.165, 1.54) is 72.9 Å². The van der Waals surface area contributed by atoms with Crippen LogP contribution in [0.25, 0.3) is 11.1 Å². The number of H-pyrrole nitrogens is 1. The summed E-state index contributed by atoms with van der Waals surface area (Å²) >= 11 is 0. The fourth-order valence-electron chi connectivity index (χ4n) is 5.86. The number of aromatic nitrogens is 1. The molecule has 0 unspecified atom stereocenters. The molecule has 1 saturated heterocycles. The maximum absolute atomic E-state index is 13.3. The van der Waals surface area contributed by atoms with Crippen LogP contribution in [-0.2, 0) is 22.0 Å². The maximum Gasteiger partial charge on any atom is 0.267 e. The third kappa shape index (κ3) is 5.69. The summed E-state index contributed by atoms with van der Waals surface area (Å²) < 4.78 is 5.48. The van der Waals surface area contributed by atoms with Crippen molar-refractivity contribution in [3.63, 3.8) is 0 Å². The van der Waals surface area contributed by atoms with Crippen molar-refractivity contribution in [3.8, 4) is 11.1 Å². The SMILES string of the molecule is CC(C)(C)c1cc(-c2cc(C(=O)NC3CCOCC3)[nH]c2CC2CCCCC2)cc(C2(C)CC2)c1. The van der Waals surface area contributed by atoms with Crippen molar-refractivity contribution >= 4 is 5.91 Å². The molecule has 1 aromatic heterocycles. The second-order valence-electron chi connectivity index (χ2n) is 12.8. The van der Waals surface area contributed by atoms with Gasteiger partial charge in [-0.3, -0.25) is 4.79 Å². The van der Waals surface area contributed by atoms with Crippen molar-refractivity contribution in [2.24, 2.45) is 5.92 Å². The molecule has 2 heterocycles. The van der Waals surface area contributed by atoms with E-state index in [0.717, 1.165) is 32.5 Å². The first-order valence-electron chi connectivity index (χ1n) is 14.0. The minimum absolute atomic E-state index is 0.0226. The molecule has 2 saturated carbocycles. The molecule has 1 aromatic carbocycles. The van der Waals surface area contributed by atoms with E-state index < -0.39 is 0 Å². The molecular weight excluding hydrogens is 432 g/mol. The van der Waals surface area contributed by atoms with Crippen molar-refractivity contribution in [1.29, 1.82) is 0 Å². The van der Waals surface area contributed by atoms with E-state index in [1.54, 1.807) is 0 Å². The van der Waals surface area contributed by atoms with Gasteiger partial charge in [0, 0.05) is 30.5 Å². The van der Waals surface area contributed by atoms with Gasteiger partial charge in [0.05, 0.1) is 0 Å². The number of hydrogen-bond donors (Lipinski definition) is 2. The normalized spacial score (nSPS) is 21.1. The lowest BCUT2D eigenvalue weighted by Gasteiger charge is -2.24. The van der Waals surface area contributed by atoms with Gasteiger partial charge in [0.1, 0.15) is 5.69 Å². The lowest BCUT2D eigenvalue weighted by molar-refractivity contribution is 0.0694. The fraction of sp³-hybridized carbons (Fsp3) is 0.645. The zero-order chi connectivity index (χ0) is 24.6. The predicted octanol–water partition coefficient (Wildman–Crippen LogP) is 7.06. The summed E-state index contributed by atoms with van der Waals surface area (Å²) in [7, 11) is 0. The summed E-state index contributed by atoms with van der Waals surface area (Å²) in [6, 6.07) is 9.56. The molecule has 2 aromatic rings. The van der Waals surface area contributed by atoms with E-state index in [-0.39, 0.29) is 17.4 Å². The van der Waals surface area contributed by atoms with E-state index in [2.05, 4.69) is 62.3 Å². The number of ether oxygens (including phenoxy) is 1. The first-order chi connectivity index (χ1) is 16.7. The minimum Gasteiger partial charge on any atom is -0.381 e. The fourth-order valence-corrected chi connectivity index (χ4v) is 5.86. The lowest BCUT2D eigenvalue weighted by atomic mass is 9.81. The molecule has 0 atom stereocenters. The third-order valence-corrected chi connectivity index (χ3v) is 8.73. The van der Waals surface area contributed by atoms with Gasteiger partial charge in [-0.1, -0.05) is 78.0 Å². The third-order valence-electron chi connectivity index (χ3n) is 8.73. The van der Waals surface area contributed by atoms with Crippen LogP contribution in [0.15, 0.2) is 24.3 Å². The van der Waals surface area contributed by atoms with Gasteiger partial charge in [0.25, 0.3) is 5.91 Å². The molecule has 4 nitrogen and oxygen atoms in total. The largest absolute Gasteiger partial charge is 0.381 e. The predicted molar refractivity (Wildman–Crippen MR) is 143 cm³/mol. The summed E-state index contributed by atoms with van der Waals surface area (Å²) in [5.41, 5.74) is 7.67. The molecule has 2 aliphatic carbocycles. The van der Waals surface area contributed by atoms with E-state index in [0.29, 0.717) is 17.0 Å². The Morgan fingerprint density at radius 2 is 1.74 bits per heavy atom. The first-order valence-corrected chi connectivity index (χ1v) is 14.0. The van der Waals surface area contributed by atoms with Crippen LogP contribution in [0, 0.1) is 5.92 Å². The van der Waals surface area contributed by atoms with Crippen LogP contribution >= 0.6 is 0 Å². The van der Waals surface area contributed by atoms with E-state index >= 15 is 0 Å². The number of hydrogen-bond acceptors (Lipinski definition) is 2. The maximum atomic E-state index is 13.3. The van der Waals surface area contributed by atoms with Gasteiger partial charge in [-0.25, -0.2) is 0 Å². The van der Waals surface area contributed by atoms with Gasteiger partial charge in [0.2, 0.25) is 0 Å². The summed E-state index contributed by atoms with van der Waals surface area (Å²) in [5.74, 6) is 0.730. The molecule has 1 aliphatic heterocycles. The van der Waals surface area contributed by atoms with Gasteiger partial charge in [-0.15, -0.1) is 0 Å². The Bertz CT molecular complexity index is 1020. The molecule has 5 rings (SSSR count). The summed E-state index contributed by atoms with van der Waals surface area (Å²) in [6.07, 6.45) is 12.0. The minimum atomic E-state index is 0.0226. The van der Waals surface area contributed by atoms with Crippen molar-refractivity contribution in [3.05, 3.63) is 46.8 Å². The lowest BCUT2D eigenvalue weighted by Crippen LogP contribution is -2.39. The summed E-state index contributed by atoms with van der Waals surface area (Å²) in [5, 5.41) is 3.26. The van der Waals surface area contributed by atoms with Crippen molar-refractivity contribution in [2.45, 2.75) is 109 Å². The van der Waals surface area contributed by atoms with Crippen LogP contribution in [0.2, 0.25) is 0 Å². The smallest absolute Gasteiger partial charge is 0.267 e. The van der Waals surface area contributed by atoms with Gasteiger partial charge < -0.3 is 15.0 Å². The molecule has 3 fully saturated rings. The molecule has 35 heavy (non-hydrogen) atoms. The second kappa shape index (κ2) is 9.76. The van der Waals surface area contributed by atoms with Crippen LogP contribution < -0.4 is 5.32 Å². The Kier molecular flexibility index (Phi) is 6.87. The quantitative estimate of drug-likeness (QED) is 0.469.